The van der Waals surface area contributed by atoms with E-state index in [4.69, 9.17) is 16.5 Å². The van der Waals surface area contributed by atoms with Crippen LogP contribution in [0.1, 0.15) is 28.9 Å². The number of hydrogen-bond acceptors (Lipinski definition) is 3. The van der Waals surface area contributed by atoms with Gasteiger partial charge in [0.05, 0.1) is 12.2 Å². The number of carbonyl (C=O) groups is 1. The van der Waals surface area contributed by atoms with Crippen LogP contribution in [0.2, 0.25) is 0 Å². The molecule has 0 bridgehead atoms. The minimum absolute atomic E-state index is 0.0699. The monoisotopic (exact) mass is 469 g/mol. The fraction of sp³-hybridized carbons (Fsp3) is 0.107. The van der Waals surface area contributed by atoms with E-state index in [1.165, 1.54) is 0 Å². The van der Waals surface area contributed by atoms with E-state index in [1.54, 1.807) is 0 Å². The lowest BCUT2D eigenvalue weighted by Gasteiger charge is -2.35. The summed E-state index contributed by atoms with van der Waals surface area (Å²) in [6, 6.07) is 37.0. The molecule has 0 saturated carbocycles. The van der Waals surface area contributed by atoms with Crippen LogP contribution in [0.25, 0.3) is 0 Å². The van der Waals surface area contributed by atoms with E-state index in [1.807, 2.05) is 97.9 Å². The van der Waals surface area contributed by atoms with Gasteiger partial charge in [0.2, 0.25) is 5.78 Å². The van der Waals surface area contributed by atoms with Gasteiger partial charge in [-0.3, -0.25) is 9.88 Å². The summed E-state index contributed by atoms with van der Waals surface area (Å²) in [4.78, 5) is 13.8. The van der Waals surface area contributed by atoms with Crippen molar-refractivity contribution < 1.29 is 9.53 Å². The van der Waals surface area contributed by atoms with Gasteiger partial charge in [0.25, 0.3) is 0 Å². The highest BCUT2D eigenvalue weighted by atomic mass is 32.4. The molecule has 0 unspecified atom stereocenters. The molecular formula is C28H24NO2PS. The van der Waals surface area contributed by atoms with Crippen molar-refractivity contribution >= 4 is 34.4 Å². The lowest BCUT2D eigenvalue weighted by atomic mass is 9.86. The number of ketones is 1. The number of benzene rings is 4. The third-order valence-corrected chi connectivity index (χ3v) is 10.4. The van der Waals surface area contributed by atoms with Crippen molar-refractivity contribution in [2.75, 3.05) is 0 Å². The van der Waals surface area contributed by atoms with E-state index in [2.05, 4.69) is 29.4 Å². The van der Waals surface area contributed by atoms with E-state index in [-0.39, 0.29) is 5.78 Å². The molecule has 4 aromatic carbocycles. The summed E-state index contributed by atoms with van der Waals surface area (Å²) in [6.45, 7) is 1.87. The molecule has 0 radical (unpaired) electrons. The van der Waals surface area contributed by atoms with Gasteiger partial charge in [-0.05, 0) is 13.0 Å². The van der Waals surface area contributed by atoms with E-state index >= 15 is 0 Å². The Labute approximate surface area is 199 Å². The van der Waals surface area contributed by atoms with Gasteiger partial charge in [0.15, 0.2) is 5.60 Å². The van der Waals surface area contributed by atoms with Crippen LogP contribution in [0.3, 0.4) is 0 Å². The van der Waals surface area contributed by atoms with Crippen molar-refractivity contribution in [3.63, 3.8) is 0 Å². The first kappa shape index (κ1) is 21.8. The summed E-state index contributed by atoms with van der Waals surface area (Å²) in [7, 11) is 0. The zero-order chi connectivity index (χ0) is 22.9. The minimum atomic E-state index is -2.49. The number of Topliss-reactive ketones (excluding diaryl/α,β-unsaturated/α-hetero) is 1. The zero-order valence-electron chi connectivity index (χ0n) is 18.2. The van der Waals surface area contributed by atoms with Crippen LogP contribution in [0, 0.1) is 0 Å². The number of ether oxygens (including phenoxy) is 1. The molecular weight excluding hydrogens is 445 g/mol. The average Bonchev–Trinajstić information content (AvgIpc) is 3.17. The zero-order valence-corrected chi connectivity index (χ0v) is 19.9. The fourth-order valence-corrected chi connectivity index (χ4v) is 7.97. The second-order valence-corrected chi connectivity index (χ2v) is 12.4. The summed E-state index contributed by atoms with van der Waals surface area (Å²) >= 11 is 6.44. The van der Waals surface area contributed by atoms with E-state index in [0.29, 0.717) is 11.3 Å². The van der Waals surface area contributed by atoms with Crippen molar-refractivity contribution in [2.45, 2.75) is 18.6 Å². The third-order valence-electron chi connectivity index (χ3n) is 6.14. The molecule has 1 aliphatic rings. The second-order valence-electron chi connectivity index (χ2n) is 8.28. The minimum Gasteiger partial charge on any atom is -0.477 e. The quantitative estimate of drug-likeness (QED) is 0.303. The van der Waals surface area contributed by atoms with Gasteiger partial charge in [0, 0.05) is 21.7 Å². The Kier molecular flexibility index (Phi) is 5.76. The first-order valence-corrected chi connectivity index (χ1v) is 13.7. The normalized spacial score (nSPS) is 19.5. The molecule has 0 amide bonds. The highest BCUT2D eigenvalue weighted by Gasteiger charge is 2.52. The molecule has 2 atom stereocenters. The van der Waals surface area contributed by atoms with Crippen LogP contribution >= 0.6 is 6.19 Å². The SMILES string of the molecule is C[C@@]1(C(=O)c2ccccc2)Oc2ccccc2[C@H]1NP(=S)(c1ccccc1)c1ccccc1. The van der Waals surface area contributed by atoms with Gasteiger partial charge in [-0.25, -0.2) is 0 Å². The highest BCUT2D eigenvalue weighted by Crippen LogP contribution is 2.51. The summed E-state index contributed by atoms with van der Waals surface area (Å²) in [5.74, 6) is 0.643. The van der Waals surface area contributed by atoms with Crippen LogP contribution in [0.5, 0.6) is 5.75 Å². The molecule has 5 heteroatoms. The summed E-state index contributed by atoms with van der Waals surface area (Å²) in [5.41, 5.74) is 0.427. The van der Waals surface area contributed by atoms with Gasteiger partial charge in [-0.15, -0.1) is 0 Å². The molecule has 1 heterocycles. The molecule has 0 aliphatic carbocycles. The maximum atomic E-state index is 13.8. The standard InChI is InChI=1S/C28H24NO2PS/c1-28(27(30)21-13-5-2-6-14-21)26(24-19-11-12-20-25(24)31-28)29-32(33,22-15-7-3-8-16-22)23-17-9-4-10-18-23/h2-20,26H,1H3,(H,29,33)/t26-,28-/m1/s1. The summed E-state index contributed by atoms with van der Waals surface area (Å²) in [5, 5.41) is 5.90. The number of nitrogens with one attached hydrogen (secondary N) is 1. The average molecular weight is 470 g/mol. The molecule has 0 aromatic heterocycles. The maximum Gasteiger partial charge on any atom is 0.208 e. The van der Waals surface area contributed by atoms with Crippen LogP contribution in [0.4, 0.5) is 0 Å². The predicted octanol–water partition coefficient (Wildman–Crippen LogP) is 5.40. The fourth-order valence-electron chi connectivity index (χ4n) is 4.40. The lowest BCUT2D eigenvalue weighted by molar-refractivity contribution is 0.0505. The lowest BCUT2D eigenvalue weighted by Crippen LogP contribution is -2.49. The van der Waals surface area contributed by atoms with Crippen LogP contribution in [0.15, 0.2) is 115 Å². The van der Waals surface area contributed by atoms with Gasteiger partial charge < -0.3 is 4.74 Å². The van der Waals surface area contributed by atoms with Gasteiger partial charge in [0.1, 0.15) is 5.75 Å². The Morgan fingerprint density at radius 3 is 1.85 bits per heavy atom. The van der Waals surface area contributed by atoms with Crippen molar-refractivity contribution in [2.24, 2.45) is 0 Å². The number of carbonyl (C=O) groups excluding carboxylic acids is 1. The van der Waals surface area contributed by atoms with Crippen LogP contribution < -0.4 is 20.4 Å². The molecule has 164 valence electrons. The van der Waals surface area contributed by atoms with Crippen molar-refractivity contribution in [3.8, 4) is 5.75 Å². The van der Waals surface area contributed by atoms with E-state index in [0.717, 1.165) is 16.2 Å². The highest BCUT2D eigenvalue weighted by molar-refractivity contribution is 8.20. The van der Waals surface area contributed by atoms with Gasteiger partial charge >= 0.3 is 0 Å². The number of rotatable bonds is 6. The third kappa shape index (κ3) is 3.85. The Morgan fingerprint density at radius 2 is 1.27 bits per heavy atom. The molecule has 0 spiro atoms. The topological polar surface area (TPSA) is 38.3 Å². The largest absolute Gasteiger partial charge is 0.477 e. The van der Waals surface area contributed by atoms with Crippen LogP contribution in [-0.2, 0) is 11.8 Å². The van der Waals surface area contributed by atoms with Crippen molar-refractivity contribution in [3.05, 3.63) is 126 Å². The molecule has 1 N–H and O–H groups in total. The summed E-state index contributed by atoms with van der Waals surface area (Å²) in [6.07, 6.45) is -2.49. The number of fused-ring (bicyclic) bond motifs is 1. The second kappa shape index (κ2) is 8.72. The predicted molar refractivity (Wildman–Crippen MR) is 139 cm³/mol. The molecule has 3 nitrogen and oxygen atoms in total. The van der Waals surface area contributed by atoms with E-state index in [9.17, 15) is 4.79 Å². The molecule has 1 aliphatic heterocycles. The summed E-state index contributed by atoms with van der Waals surface area (Å²) < 4.78 is 6.40. The van der Waals surface area contributed by atoms with Crippen molar-refractivity contribution in [1.82, 2.24) is 5.09 Å². The first-order chi connectivity index (χ1) is 16.0. The smallest absolute Gasteiger partial charge is 0.208 e. The number of para-hydroxylation sites is 1. The number of hydrogen-bond donors (Lipinski definition) is 1. The maximum absolute atomic E-state index is 13.8. The van der Waals surface area contributed by atoms with E-state index < -0.39 is 17.8 Å². The Balaban J connectivity index is 1.65. The first-order valence-electron chi connectivity index (χ1n) is 10.9. The van der Waals surface area contributed by atoms with Crippen LogP contribution in [-0.4, -0.2) is 11.4 Å². The molecule has 0 saturated heterocycles. The Hall–Kier alpha value is -3.04. The molecule has 4 aromatic rings. The molecule has 33 heavy (non-hydrogen) atoms. The molecule has 0 fully saturated rings. The molecule has 5 rings (SSSR count). The van der Waals surface area contributed by atoms with Gasteiger partial charge in [-0.1, -0.05) is 121 Å². The Bertz CT molecular complexity index is 1280. The Morgan fingerprint density at radius 1 is 0.788 bits per heavy atom. The van der Waals surface area contributed by atoms with Crippen molar-refractivity contribution in [1.29, 1.82) is 0 Å². The van der Waals surface area contributed by atoms with Gasteiger partial charge in [-0.2, -0.15) is 0 Å².